The van der Waals surface area contributed by atoms with Gasteiger partial charge in [0.25, 0.3) is 0 Å². The van der Waals surface area contributed by atoms with Gasteiger partial charge in [0.1, 0.15) is 0 Å². The molecule has 1 N–H and O–H groups in total. The first-order valence-corrected chi connectivity index (χ1v) is 5.63. The third-order valence-electron chi connectivity index (χ3n) is 2.87. The van der Waals surface area contributed by atoms with E-state index in [4.69, 9.17) is 4.74 Å². The average molecular weight is 210 g/mol. The van der Waals surface area contributed by atoms with E-state index in [1.807, 2.05) is 0 Å². The maximum absolute atomic E-state index is 11.8. The van der Waals surface area contributed by atoms with Crippen molar-refractivity contribution in [2.45, 2.75) is 12.8 Å². The Labute approximate surface area is 90.3 Å². The van der Waals surface area contributed by atoms with Crippen molar-refractivity contribution in [2.24, 2.45) is 0 Å². The van der Waals surface area contributed by atoms with Crippen LogP contribution in [-0.4, -0.2) is 50.0 Å². The van der Waals surface area contributed by atoms with Gasteiger partial charge in [0.2, 0.25) is 0 Å². The molecule has 0 saturated carbocycles. The standard InChI is InChI=1S/C11H18N2O2/c14-11(10-2-7-15-9-10)8-13-5-1-3-12-4-6-13/h9,12H,1-8H2. The van der Waals surface area contributed by atoms with Crippen LogP contribution in [-0.2, 0) is 9.53 Å². The fourth-order valence-electron chi connectivity index (χ4n) is 1.96. The van der Waals surface area contributed by atoms with Crippen LogP contribution in [0.4, 0.5) is 0 Å². The Kier molecular flexibility index (Phi) is 3.75. The third kappa shape index (κ3) is 3.04. The minimum Gasteiger partial charge on any atom is -0.500 e. The van der Waals surface area contributed by atoms with Crippen LogP contribution in [0, 0.1) is 0 Å². The molecule has 2 rings (SSSR count). The van der Waals surface area contributed by atoms with E-state index in [2.05, 4.69) is 10.2 Å². The molecule has 2 aliphatic heterocycles. The first-order chi connectivity index (χ1) is 7.36. The van der Waals surface area contributed by atoms with Crippen molar-refractivity contribution < 1.29 is 9.53 Å². The minimum atomic E-state index is 0.231. The van der Waals surface area contributed by atoms with Crippen molar-refractivity contribution >= 4 is 5.78 Å². The van der Waals surface area contributed by atoms with Gasteiger partial charge in [-0.25, -0.2) is 0 Å². The fourth-order valence-corrected chi connectivity index (χ4v) is 1.96. The van der Waals surface area contributed by atoms with Crippen LogP contribution in [0.15, 0.2) is 11.8 Å². The van der Waals surface area contributed by atoms with E-state index in [0.29, 0.717) is 13.2 Å². The van der Waals surface area contributed by atoms with Crippen LogP contribution in [0.5, 0.6) is 0 Å². The molecule has 0 radical (unpaired) electrons. The molecule has 1 saturated heterocycles. The summed E-state index contributed by atoms with van der Waals surface area (Å²) in [5.74, 6) is 0.231. The van der Waals surface area contributed by atoms with E-state index in [0.717, 1.165) is 44.6 Å². The van der Waals surface area contributed by atoms with E-state index >= 15 is 0 Å². The molecule has 4 nitrogen and oxygen atoms in total. The van der Waals surface area contributed by atoms with E-state index in [9.17, 15) is 4.79 Å². The Bertz CT molecular complexity index is 255. The first kappa shape index (κ1) is 10.6. The van der Waals surface area contributed by atoms with Crippen molar-refractivity contribution in [3.63, 3.8) is 0 Å². The second-order valence-electron chi connectivity index (χ2n) is 4.07. The Morgan fingerprint density at radius 3 is 3.20 bits per heavy atom. The van der Waals surface area contributed by atoms with Gasteiger partial charge in [-0.2, -0.15) is 0 Å². The van der Waals surface area contributed by atoms with Crippen LogP contribution >= 0.6 is 0 Å². The highest BCUT2D eigenvalue weighted by Crippen LogP contribution is 2.12. The Hall–Kier alpha value is -0.870. The number of ketones is 1. The Morgan fingerprint density at radius 2 is 2.40 bits per heavy atom. The molecule has 0 aromatic carbocycles. The molecule has 15 heavy (non-hydrogen) atoms. The van der Waals surface area contributed by atoms with Crippen LogP contribution in [0.25, 0.3) is 0 Å². The summed E-state index contributed by atoms with van der Waals surface area (Å²) in [5, 5.41) is 3.33. The van der Waals surface area contributed by atoms with Gasteiger partial charge in [-0.15, -0.1) is 0 Å². The number of carbonyl (C=O) groups excluding carboxylic acids is 1. The molecule has 4 heteroatoms. The van der Waals surface area contributed by atoms with Crippen LogP contribution < -0.4 is 5.32 Å². The predicted molar refractivity (Wildman–Crippen MR) is 57.6 cm³/mol. The topological polar surface area (TPSA) is 41.6 Å². The monoisotopic (exact) mass is 210 g/mol. The molecular weight excluding hydrogens is 192 g/mol. The Balaban J connectivity index is 1.81. The van der Waals surface area contributed by atoms with E-state index < -0.39 is 0 Å². The molecule has 84 valence electrons. The molecular formula is C11H18N2O2. The zero-order valence-corrected chi connectivity index (χ0v) is 9.00. The van der Waals surface area contributed by atoms with E-state index in [-0.39, 0.29) is 5.78 Å². The number of rotatable bonds is 3. The summed E-state index contributed by atoms with van der Waals surface area (Å²) in [6.45, 7) is 5.27. The second kappa shape index (κ2) is 5.28. The molecule has 0 aromatic heterocycles. The quantitative estimate of drug-likeness (QED) is 0.720. The summed E-state index contributed by atoms with van der Waals surface area (Å²) in [4.78, 5) is 14.0. The molecule has 2 heterocycles. The van der Waals surface area contributed by atoms with Gasteiger partial charge in [0, 0.05) is 25.1 Å². The van der Waals surface area contributed by atoms with Crippen molar-refractivity contribution in [1.82, 2.24) is 10.2 Å². The van der Waals surface area contributed by atoms with Gasteiger partial charge < -0.3 is 10.1 Å². The Morgan fingerprint density at radius 1 is 1.47 bits per heavy atom. The van der Waals surface area contributed by atoms with Gasteiger partial charge in [0.05, 0.1) is 19.4 Å². The maximum Gasteiger partial charge on any atom is 0.175 e. The number of nitrogens with one attached hydrogen (secondary N) is 1. The van der Waals surface area contributed by atoms with Crippen LogP contribution in [0.2, 0.25) is 0 Å². The molecule has 0 spiro atoms. The molecule has 0 aromatic rings. The lowest BCUT2D eigenvalue weighted by Crippen LogP contribution is -2.33. The highest BCUT2D eigenvalue weighted by molar-refractivity contribution is 5.96. The summed E-state index contributed by atoms with van der Waals surface area (Å²) >= 11 is 0. The molecule has 2 aliphatic rings. The van der Waals surface area contributed by atoms with Crippen LogP contribution in [0.1, 0.15) is 12.8 Å². The van der Waals surface area contributed by atoms with Gasteiger partial charge in [-0.3, -0.25) is 9.69 Å². The second-order valence-corrected chi connectivity index (χ2v) is 4.07. The van der Waals surface area contributed by atoms with E-state index in [1.165, 1.54) is 0 Å². The number of hydrogen-bond donors (Lipinski definition) is 1. The summed E-state index contributed by atoms with van der Waals surface area (Å²) < 4.78 is 5.08. The zero-order valence-electron chi connectivity index (χ0n) is 9.00. The first-order valence-electron chi connectivity index (χ1n) is 5.63. The third-order valence-corrected chi connectivity index (χ3v) is 2.87. The molecule has 1 fully saturated rings. The summed E-state index contributed by atoms with van der Waals surface area (Å²) in [6.07, 6.45) is 3.53. The number of hydrogen-bond acceptors (Lipinski definition) is 4. The lowest BCUT2D eigenvalue weighted by Gasteiger charge is -2.18. The molecule has 0 atom stereocenters. The lowest BCUT2D eigenvalue weighted by molar-refractivity contribution is -0.116. The number of ether oxygens (including phenoxy) is 1. The molecule has 0 unspecified atom stereocenters. The minimum absolute atomic E-state index is 0.231. The molecule has 0 amide bonds. The maximum atomic E-state index is 11.8. The fraction of sp³-hybridized carbons (Fsp3) is 0.727. The summed E-state index contributed by atoms with van der Waals surface area (Å²) in [7, 11) is 0. The van der Waals surface area contributed by atoms with Gasteiger partial charge in [0.15, 0.2) is 5.78 Å². The lowest BCUT2D eigenvalue weighted by atomic mass is 10.1. The van der Waals surface area contributed by atoms with Gasteiger partial charge in [-0.1, -0.05) is 0 Å². The van der Waals surface area contributed by atoms with Crippen molar-refractivity contribution in [3.05, 3.63) is 11.8 Å². The van der Waals surface area contributed by atoms with Crippen molar-refractivity contribution in [1.29, 1.82) is 0 Å². The van der Waals surface area contributed by atoms with Crippen molar-refractivity contribution in [3.8, 4) is 0 Å². The average Bonchev–Trinajstić information content (AvgIpc) is 2.65. The SMILES string of the molecule is O=C(CN1CCCNCC1)C1=COCC1. The smallest absolute Gasteiger partial charge is 0.175 e. The zero-order chi connectivity index (χ0) is 10.5. The van der Waals surface area contributed by atoms with Crippen molar-refractivity contribution in [2.75, 3.05) is 39.3 Å². The number of carbonyl (C=O) groups is 1. The van der Waals surface area contributed by atoms with E-state index in [1.54, 1.807) is 6.26 Å². The predicted octanol–water partition coefficient (Wildman–Crippen LogP) is 0.155. The van der Waals surface area contributed by atoms with Crippen LogP contribution in [0.3, 0.4) is 0 Å². The summed E-state index contributed by atoms with van der Waals surface area (Å²) in [6, 6.07) is 0. The largest absolute Gasteiger partial charge is 0.500 e. The summed E-state index contributed by atoms with van der Waals surface area (Å²) in [5.41, 5.74) is 0.854. The molecule has 0 bridgehead atoms. The van der Waals surface area contributed by atoms with Gasteiger partial charge in [-0.05, 0) is 19.5 Å². The molecule has 0 aliphatic carbocycles. The normalized spacial score (nSPS) is 23.1. The number of Topliss-reactive ketones (excluding diaryl/α,β-unsaturated/α-hetero) is 1. The highest BCUT2D eigenvalue weighted by Gasteiger charge is 2.18. The highest BCUT2D eigenvalue weighted by atomic mass is 16.5. The van der Waals surface area contributed by atoms with Gasteiger partial charge >= 0.3 is 0 Å². The number of nitrogens with zero attached hydrogens (tertiary/aromatic N) is 1.